The lowest BCUT2D eigenvalue weighted by molar-refractivity contribution is -0.138. The van der Waals surface area contributed by atoms with E-state index in [1.807, 2.05) is 19.9 Å². The van der Waals surface area contributed by atoms with Crippen molar-refractivity contribution in [2.45, 2.75) is 38.1 Å². The molecular weight excluding hydrogens is 488 g/mol. The van der Waals surface area contributed by atoms with Crippen LogP contribution in [0.5, 0.6) is 0 Å². The van der Waals surface area contributed by atoms with Crippen LogP contribution in [0.25, 0.3) is 0 Å². The zero-order chi connectivity index (χ0) is 24.8. The molecule has 6 nitrogen and oxygen atoms in total. The summed E-state index contributed by atoms with van der Waals surface area (Å²) in [5, 5.41) is 20.9. The molecule has 34 heavy (non-hydrogen) atoms. The van der Waals surface area contributed by atoms with E-state index in [-0.39, 0.29) is 6.61 Å². The molecule has 1 aromatic carbocycles. The molecule has 0 fully saturated rings. The standard InChI is InChI=1S/C25H23ClN4O2S2/c1-4-19-14(3)10-16(11-27)24(30-19)33-13-20-22(25(31)32-5-2)21(18(12-28)23(29)34-20)15-6-8-17(26)9-7-15/h6-10,21H,4-5,13,29H2,1-3H3. The molecule has 1 aromatic heterocycles. The number of pyridine rings is 1. The average molecular weight is 511 g/mol. The van der Waals surface area contributed by atoms with Crippen molar-refractivity contribution < 1.29 is 9.53 Å². The van der Waals surface area contributed by atoms with Crippen LogP contribution in [-0.2, 0) is 16.0 Å². The van der Waals surface area contributed by atoms with Gasteiger partial charge in [0.2, 0.25) is 0 Å². The molecule has 174 valence electrons. The first-order valence-corrected chi connectivity index (χ1v) is 12.8. The second kappa shape index (κ2) is 11.5. The lowest BCUT2D eigenvalue weighted by Crippen LogP contribution is -2.23. The Kier molecular flexibility index (Phi) is 8.68. The molecular formula is C25H23ClN4O2S2. The number of carbonyl (C=O) groups excluding carboxylic acids is 1. The monoisotopic (exact) mass is 510 g/mol. The highest BCUT2D eigenvalue weighted by Gasteiger charge is 2.36. The summed E-state index contributed by atoms with van der Waals surface area (Å²) in [5.41, 5.74) is 10.0. The predicted octanol–water partition coefficient (Wildman–Crippen LogP) is 5.61. The molecule has 3 rings (SSSR count). The van der Waals surface area contributed by atoms with Crippen LogP contribution in [0.1, 0.15) is 42.1 Å². The Morgan fingerprint density at radius 3 is 2.56 bits per heavy atom. The molecule has 1 aliphatic heterocycles. The molecule has 1 atom stereocenters. The van der Waals surface area contributed by atoms with Gasteiger partial charge in [-0.2, -0.15) is 10.5 Å². The van der Waals surface area contributed by atoms with Crippen molar-refractivity contribution in [2.24, 2.45) is 5.73 Å². The van der Waals surface area contributed by atoms with E-state index in [1.165, 1.54) is 23.5 Å². The van der Waals surface area contributed by atoms with Gasteiger partial charge in [0.1, 0.15) is 11.1 Å². The molecule has 0 bridgehead atoms. The van der Waals surface area contributed by atoms with Crippen LogP contribution >= 0.6 is 35.1 Å². The fourth-order valence-electron chi connectivity index (χ4n) is 3.66. The Bertz CT molecular complexity index is 1260. The third-order valence-electron chi connectivity index (χ3n) is 5.27. The van der Waals surface area contributed by atoms with E-state index in [2.05, 4.69) is 17.1 Å². The molecule has 0 spiro atoms. The summed E-state index contributed by atoms with van der Waals surface area (Å²) in [6, 6.07) is 13.2. The number of aromatic nitrogens is 1. The van der Waals surface area contributed by atoms with Gasteiger partial charge in [-0.25, -0.2) is 9.78 Å². The zero-order valence-corrected chi connectivity index (χ0v) is 21.4. The number of esters is 1. The Hall–Kier alpha value is -2.91. The van der Waals surface area contributed by atoms with E-state index in [0.717, 1.165) is 17.7 Å². The summed E-state index contributed by atoms with van der Waals surface area (Å²) in [6.07, 6.45) is 0.747. The van der Waals surface area contributed by atoms with E-state index in [0.29, 0.717) is 48.0 Å². The molecule has 0 radical (unpaired) electrons. The number of thioether (sulfide) groups is 2. The highest BCUT2D eigenvalue weighted by atomic mass is 35.5. The minimum atomic E-state index is -0.675. The first kappa shape index (κ1) is 25.7. The van der Waals surface area contributed by atoms with E-state index < -0.39 is 11.9 Å². The highest BCUT2D eigenvalue weighted by Crippen LogP contribution is 2.47. The normalized spacial score (nSPS) is 15.6. The van der Waals surface area contributed by atoms with E-state index in [1.54, 1.807) is 31.2 Å². The van der Waals surface area contributed by atoms with Crippen LogP contribution in [0, 0.1) is 29.6 Å². The summed E-state index contributed by atoms with van der Waals surface area (Å²) in [5.74, 6) is -0.834. The highest BCUT2D eigenvalue weighted by molar-refractivity contribution is 8.08. The maximum absolute atomic E-state index is 13.1. The molecule has 0 saturated carbocycles. The number of nitrogens with zero attached hydrogens (tertiary/aromatic N) is 3. The predicted molar refractivity (Wildman–Crippen MR) is 136 cm³/mol. The van der Waals surface area contributed by atoms with Crippen LogP contribution in [0.4, 0.5) is 0 Å². The maximum Gasteiger partial charge on any atom is 0.335 e. The zero-order valence-electron chi connectivity index (χ0n) is 19.0. The maximum atomic E-state index is 13.1. The number of rotatable bonds is 7. The topological polar surface area (TPSA) is 113 Å². The van der Waals surface area contributed by atoms with Gasteiger partial charge >= 0.3 is 5.97 Å². The van der Waals surface area contributed by atoms with Crippen LogP contribution in [0.2, 0.25) is 5.02 Å². The van der Waals surface area contributed by atoms with Crippen molar-refractivity contribution in [2.75, 3.05) is 12.4 Å². The van der Waals surface area contributed by atoms with Crippen molar-refractivity contribution in [1.29, 1.82) is 10.5 Å². The fourth-order valence-corrected chi connectivity index (χ4v) is 5.91. The molecule has 2 N–H and O–H groups in total. The lowest BCUT2D eigenvalue weighted by Gasteiger charge is -2.28. The van der Waals surface area contributed by atoms with Gasteiger partial charge in [-0.05, 0) is 49.6 Å². The number of nitriles is 2. The second-order valence-electron chi connectivity index (χ2n) is 7.39. The smallest absolute Gasteiger partial charge is 0.335 e. The van der Waals surface area contributed by atoms with Crippen molar-refractivity contribution in [3.8, 4) is 12.1 Å². The Morgan fingerprint density at radius 1 is 1.26 bits per heavy atom. The number of hydrogen-bond donors (Lipinski definition) is 1. The molecule has 2 heterocycles. The van der Waals surface area contributed by atoms with Gasteiger partial charge in [0.05, 0.1) is 40.3 Å². The third-order valence-corrected chi connectivity index (χ3v) is 7.78. The molecule has 1 unspecified atom stereocenters. The van der Waals surface area contributed by atoms with Crippen LogP contribution in [-0.4, -0.2) is 23.3 Å². The van der Waals surface area contributed by atoms with Gasteiger partial charge in [0.15, 0.2) is 0 Å². The number of nitrogens with two attached hydrogens (primary N) is 1. The lowest BCUT2D eigenvalue weighted by atomic mass is 9.84. The molecule has 0 aliphatic carbocycles. The van der Waals surface area contributed by atoms with Crippen LogP contribution in [0.15, 0.2) is 56.4 Å². The van der Waals surface area contributed by atoms with Crippen molar-refractivity contribution >= 4 is 41.1 Å². The van der Waals surface area contributed by atoms with Crippen molar-refractivity contribution in [3.05, 3.63) is 78.8 Å². The van der Waals surface area contributed by atoms with Crippen molar-refractivity contribution in [3.63, 3.8) is 0 Å². The average Bonchev–Trinajstić information content (AvgIpc) is 2.83. The first-order chi connectivity index (χ1) is 16.3. The van der Waals surface area contributed by atoms with E-state index in [9.17, 15) is 15.3 Å². The van der Waals surface area contributed by atoms with Gasteiger partial charge in [0, 0.05) is 21.4 Å². The van der Waals surface area contributed by atoms with Gasteiger partial charge < -0.3 is 10.5 Å². The second-order valence-corrected chi connectivity index (χ2v) is 9.93. The van der Waals surface area contributed by atoms with E-state index in [4.69, 9.17) is 22.1 Å². The van der Waals surface area contributed by atoms with E-state index >= 15 is 0 Å². The third kappa shape index (κ3) is 5.42. The number of benzene rings is 1. The fraction of sp³-hybridized carbons (Fsp3) is 0.280. The summed E-state index contributed by atoms with van der Waals surface area (Å²) in [6.45, 7) is 5.88. The quantitative estimate of drug-likeness (QED) is 0.377. The number of aryl methyl sites for hydroxylation is 2. The summed E-state index contributed by atoms with van der Waals surface area (Å²) in [7, 11) is 0. The number of hydrogen-bond acceptors (Lipinski definition) is 8. The Labute approximate surface area is 212 Å². The summed E-state index contributed by atoms with van der Waals surface area (Å²) < 4.78 is 5.38. The largest absolute Gasteiger partial charge is 0.463 e. The molecule has 0 amide bonds. The number of ether oxygens (including phenoxy) is 1. The molecule has 0 saturated heterocycles. The first-order valence-electron chi connectivity index (χ1n) is 10.6. The molecule has 2 aromatic rings. The number of carbonyl (C=O) groups is 1. The summed E-state index contributed by atoms with van der Waals surface area (Å²) in [4.78, 5) is 18.5. The number of allylic oxidation sites excluding steroid dienone is 1. The molecule has 1 aliphatic rings. The minimum absolute atomic E-state index is 0.194. The molecule has 9 heteroatoms. The minimum Gasteiger partial charge on any atom is -0.463 e. The van der Waals surface area contributed by atoms with Gasteiger partial charge in [-0.15, -0.1) is 0 Å². The van der Waals surface area contributed by atoms with Gasteiger partial charge in [0.25, 0.3) is 0 Å². The van der Waals surface area contributed by atoms with Gasteiger partial charge in [-0.3, -0.25) is 0 Å². The van der Waals surface area contributed by atoms with Crippen LogP contribution < -0.4 is 5.73 Å². The SMILES string of the molecule is CCOC(=O)C1=C(CSc2nc(CC)c(C)cc2C#N)SC(N)=C(C#N)C1c1ccc(Cl)cc1. The Morgan fingerprint density at radius 2 is 1.97 bits per heavy atom. The van der Waals surface area contributed by atoms with Gasteiger partial charge in [-0.1, -0.05) is 54.2 Å². The number of halogens is 1. The summed E-state index contributed by atoms with van der Waals surface area (Å²) >= 11 is 8.61. The van der Waals surface area contributed by atoms with Crippen LogP contribution in [0.3, 0.4) is 0 Å². The Balaban J connectivity index is 2.10. The van der Waals surface area contributed by atoms with Crippen molar-refractivity contribution in [1.82, 2.24) is 4.98 Å².